The van der Waals surface area contributed by atoms with Crippen LogP contribution < -0.4 is 27.4 Å². The van der Waals surface area contributed by atoms with Gasteiger partial charge in [-0.3, -0.25) is 38.1 Å². The van der Waals surface area contributed by atoms with Gasteiger partial charge in [0, 0.05) is 89.5 Å². The van der Waals surface area contributed by atoms with E-state index < -0.39 is 12.0 Å². The first-order valence-corrected chi connectivity index (χ1v) is 28.2. The molecule has 12 rings (SSSR count). The lowest BCUT2D eigenvalue weighted by Gasteiger charge is -2.27. The molecule has 8 aromatic rings. The van der Waals surface area contributed by atoms with Gasteiger partial charge in [0.15, 0.2) is 11.6 Å². The number of ketones is 2. The Labute approximate surface area is 522 Å². The maximum absolute atomic E-state index is 13.6. The Balaban J connectivity index is 0.000000214. The molecule has 2 aliphatic heterocycles. The van der Waals surface area contributed by atoms with Crippen LogP contribution >= 0.6 is 57.8 Å². The molecule has 0 radical (unpaired) electrons. The van der Waals surface area contributed by atoms with Crippen molar-refractivity contribution in [1.29, 1.82) is 0 Å². The number of likely N-dealkylation sites (tertiary alicyclic amines) is 1. The van der Waals surface area contributed by atoms with E-state index in [4.69, 9.17) is 16.6 Å². The molecule has 0 unspecified atom stereocenters. The molecule has 23 nitrogen and oxygen atoms in total. The molecule has 440 valence electrons. The number of fused-ring (bicyclic) bond motifs is 4. The third kappa shape index (κ3) is 14.8. The largest absolute Gasteiger partial charge is 0.480 e. The average molecular weight is 1350 g/mol. The topological polar surface area (TPSA) is 327 Å². The minimum Gasteiger partial charge on any atom is -0.480 e. The first-order chi connectivity index (χ1) is 38.8. The van der Waals surface area contributed by atoms with E-state index >= 15 is 0 Å². The molecule has 8 N–H and O–H groups in total. The number of benzene rings is 2. The number of nitrogens with one attached hydrogen (secondary N) is 3. The van der Waals surface area contributed by atoms with Crippen LogP contribution in [-0.2, 0) is 54.6 Å². The number of carboxylic acids is 1. The number of Topliss-reactive ketones (excluding diaryl/α,β-unsaturated/α-hetero) is 2. The van der Waals surface area contributed by atoms with E-state index in [2.05, 4.69) is 110 Å². The second-order valence-electron chi connectivity index (χ2n) is 19.9. The summed E-state index contributed by atoms with van der Waals surface area (Å²) < 4.78 is 4.20. The van der Waals surface area contributed by atoms with Crippen molar-refractivity contribution >= 4 is 161 Å². The smallest absolute Gasteiger partial charge is 0.325 e. The number of nitrogens with two attached hydrogens (primary N) is 2. The number of hydrogen-bond donors (Lipinski definition) is 6. The molecule has 2 saturated heterocycles. The van der Waals surface area contributed by atoms with Gasteiger partial charge in [0.1, 0.15) is 51.4 Å². The van der Waals surface area contributed by atoms with Crippen molar-refractivity contribution in [3.05, 3.63) is 117 Å². The van der Waals surface area contributed by atoms with Gasteiger partial charge < -0.3 is 37.4 Å². The fraction of sp³-hybridized carbons (Fsp3) is 0.309. The highest BCUT2D eigenvalue weighted by atomic mass is 79.9. The number of aliphatic carboxylic acids is 1. The number of aryl methyl sites for hydroxylation is 2. The first kappa shape index (κ1) is 65.8. The number of hydrogen-bond acceptors (Lipinski definition) is 19. The summed E-state index contributed by atoms with van der Waals surface area (Å²) in [6.45, 7) is 7.75. The van der Waals surface area contributed by atoms with Crippen molar-refractivity contribution in [2.24, 2.45) is 23.7 Å². The number of nitrogens with zero attached hydrogens (tertiary/aromatic N) is 11. The number of carbonyl (C=O) groups is 6. The van der Waals surface area contributed by atoms with Crippen LogP contribution in [0, 0.1) is 37.5 Å². The summed E-state index contributed by atoms with van der Waals surface area (Å²) in [6, 6.07) is 17.7. The summed E-state index contributed by atoms with van der Waals surface area (Å²) in [6.07, 6.45) is 8.50. The van der Waals surface area contributed by atoms with Crippen LogP contribution in [0.15, 0.2) is 94.7 Å². The number of nitrogen functional groups attached to an aromatic ring is 2. The fourth-order valence-corrected chi connectivity index (χ4v) is 10.8. The van der Waals surface area contributed by atoms with Crippen LogP contribution in [0.2, 0.25) is 0 Å². The zero-order chi connectivity index (χ0) is 58.0. The molecule has 4 aliphatic rings. The van der Waals surface area contributed by atoms with E-state index in [-0.39, 0.29) is 111 Å². The molecule has 2 aliphatic carbocycles. The van der Waals surface area contributed by atoms with Gasteiger partial charge in [-0.1, -0.05) is 31.7 Å². The Hall–Kier alpha value is -7.34. The second kappa shape index (κ2) is 28.0. The van der Waals surface area contributed by atoms with Crippen LogP contribution in [0.5, 0.6) is 0 Å². The molecular formula is C55H59Br2ClN16O7S3. The van der Waals surface area contributed by atoms with Gasteiger partial charge in [-0.15, -0.1) is 12.4 Å². The third-order valence-electron chi connectivity index (χ3n) is 14.4. The van der Waals surface area contributed by atoms with E-state index in [1.165, 1.54) is 29.6 Å². The number of anilines is 4. The first-order valence-electron chi connectivity index (χ1n) is 25.3. The maximum atomic E-state index is 13.6. The molecule has 6 atom stereocenters. The highest BCUT2D eigenvalue weighted by Crippen LogP contribution is 2.50. The van der Waals surface area contributed by atoms with Crippen LogP contribution in [0.25, 0.3) is 44.1 Å². The second-order valence-corrected chi connectivity index (χ2v) is 21.5. The Morgan fingerprint density at radius 3 is 1.55 bits per heavy atom. The lowest BCUT2D eigenvalue weighted by molar-refractivity contribution is -0.138. The summed E-state index contributed by atoms with van der Waals surface area (Å²) in [5.41, 5.74) is 17.7. The average Bonchev–Trinajstić information content (AvgIpc) is 2.21. The number of halogens is 3. The van der Waals surface area contributed by atoms with Gasteiger partial charge in [0.2, 0.25) is 29.6 Å². The summed E-state index contributed by atoms with van der Waals surface area (Å²) in [4.78, 5) is 100. The lowest BCUT2D eigenvalue weighted by Crippen LogP contribution is -2.47. The predicted octanol–water partition coefficient (Wildman–Crippen LogP) is 7.46. The highest BCUT2D eigenvalue weighted by Gasteiger charge is 2.57. The molecule has 29 heteroatoms. The maximum Gasteiger partial charge on any atom is 0.325 e. The third-order valence-corrected chi connectivity index (χ3v) is 15.3. The van der Waals surface area contributed by atoms with Gasteiger partial charge in [0.25, 0.3) is 0 Å². The summed E-state index contributed by atoms with van der Waals surface area (Å²) in [5.74, 6) is 1.28. The van der Waals surface area contributed by atoms with Crippen molar-refractivity contribution in [3.8, 4) is 22.3 Å². The monoisotopic (exact) mass is 1340 g/mol. The Morgan fingerprint density at radius 2 is 1.12 bits per heavy atom. The van der Waals surface area contributed by atoms with Crippen molar-refractivity contribution in [1.82, 2.24) is 59.7 Å². The molecule has 6 aromatic heterocycles. The number of pyridine rings is 2. The lowest BCUT2D eigenvalue weighted by atomic mass is 10.0. The van der Waals surface area contributed by atoms with Gasteiger partial charge in [-0.05, 0) is 147 Å². The fourth-order valence-electron chi connectivity index (χ4n) is 10.1. The van der Waals surface area contributed by atoms with Gasteiger partial charge in [0.05, 0.1) is 17.1 Å². The van der Waals surface area contributed by atoms with Gasteiger partial charge in [-0.25, -0.2) is 29.9 Å². The Morgan fingerprint density at radius 1 is 0.667 bits per heavy atom. The number of piperidine rings is 2. The molecule has 0 spiro atoms. The van der Waals surface area contributed by atoms with Crippen LogP contribution in [0.1, 0.15) is 66.2 Å². The molecule has 8 heterocycles. The molecule has 2 saturated carbocycles. The number of carbonyl (C=O) groups excluding carboxylic acids is 5. The number of aromatic nitrogens is 10. The molecule has 3 amide bonds. The minimum atomic E-state index is -1.03. The number of amides is 3. The van der Waals surface area contributed by atoms with Crippen molar-refractivity contribution in [3.63, 3.8) is 0 Å². The SMILES string of the molecule is C.CC(=O)c1nn(CC(=O)N2C[C@H]3C[C@H]3[C@H]2C(=O)Nc2nc(Br)ccc2C)c2ccc(-c3cnc(N)nc3)cc12.CC(=O)c1nn(CC(=O)O)c2ccc(-c3cnc(N)nc3)cc12.Cc1ccc(Br)nc1NC(=O)[C@H]1NC[C@H]2C[C@H]21.Cl.S.S=S. The quantitative estimate of drug-likeness (QED) is 0.0510. The van der Waals surface area contributed by atoms with Crippen LogP contribution in [-0.4, -0.2) is 120 Å². The number of rotatable bonds is 12. The zero-order valence-electron chi connectivity index (χ0n) is 44.7. The van der Waals surface area contributed by atoms with E-state index in [0.29, 0.717) is 56.4 Å². The van der Waals surface area contributed by atoms with E-state index in [1.807, 2.05) is 56.3 Å². The normalized spacial score (nSPS) is 18.2. The minimum absolute atomic E-state index is 0. The summed E-state index contributed by atoms with van der Waals surface area (Å²) in [5, 5.41) is 27.9. The van der Waals surface area contributed by atoms with Crippen LogP contribution in [0.4, 0.5) is 23.5 Å². The Bertz CT molecular complexity index is 3800. The summed E-state index contributed by atoms with van der Waals surface area (Å²) >= 11 is 14.0. The molecular weight excluding hydrogens is 1290 g/mol. The van der Waals surface area contributed by atoms with Gasteiger partial charge in [-0.2, -0.15) is 23.7 Å². The van der Waals surface area contributed by atoms with Crippen molar-refractivity contribution in [2.45, 2.75) is 73.1 Å². The molecule has 2 aromatic carbocycles. The van der Waals surface area contributed by atoms with E-state index in [9.17, 15) is 28.8 Å². The Kier molecular flexibility index (Phi) is 22.0. The molecule has 0 bridgehead atoms. The highest BCUT2D eigenvalue weighted by molar-refractivity contribution is 9.10. The van der Waals surface area contributed by atoms with Gasteiger partial charge >= 0.3 is 5.97 Å². The molecule has 84 heavy (non-hydrogen) atoms. The van der Waals surface area contributed by atoms with E-state index in [1.54, 1.807) is 47.9 Å². The zero-order valence-corrected chi connectivity index (χ0v) is 51.4. The summed E-state index contributed by atoms with van der Waals surface area (Å²) in [7, 11) is 0. The van der Waals surface area contributed by atoms with Crippen molar-refractivity contribution < 1.29 is 33.9 Å². The van der Waals surface area contributed by atoms with Crippen molar-refractivity contribution in [2.75, 3.05) is 35.2 Å². The predicted molar refractivity (Wildman–Crippen MR) is 338 cm³/mol. The van der Waals surface area contributed by atoms with E-state index in [0.717, 1.165) is 56.9 Å². The standard InChI is InChI=1S/C27H25BrN8O3.C15H13N5O3.C12H14BrN3O.CH4.ClH.S2.H2S/c1-13-3-6-21(28)32-25(13)33-26(39)24-18-8-16(18)11-35(24)22(38)12-36-20-5-4-15(17-9-30-27(29)31-10-17)7-19(20)23(34-36)14(2)37;1-8(21)14-11-4-9(10-5-17-15(16)18-6-10)2-3-12(11)20(19-14)7-13(22)23;1-6-2-3-9(13)15-11(6)16-12(17)10-8-4-7(8)5-14-10;;;1-2;/h3-7,9-10,16,18,24H,8,11-12H2,1-2H3,(H2,29,30,31)(H,32,33,39);2-6H,7H2,1H3,(H,22,23)(H2,16,17,18);2-3,7-8,10,14H,4-5H2,1H3,(H,15,16,17);1H4;1H;;1H2/t16-,18-,24+;;7-,8-,10+;;;;/m1.1..../s1. The van der Waals surface area contributed by atoms with Crippen LogP contribution in [0.3, 0.4) is 0 Å². The number of carboxylic acid groups (broad SMARTS) is 1. The molecule has 4 fully saturated rings.